The fourth-order valence-electron chi connectivity index (χ4n) is 2.98. The van der Waals surface area contributed by atoms with E-state index in [9.17, 15) is 4.79 Å². The summed E-state index contributed by atoms with van der Waals surface area (Å²) in [5, 5.41) is 8.17. The van der Waals surface area contributed by atoms with Crippen molar-refractivity contribution >= 4 is 18.1 Å². The van der Waals surface area contributed by atoms with Gasteiger partial charge in [0, 0.05) is 38.4 Å². The number of carbonyl (C=O) groups excluding carboxylic acids is 1. The summed E-state index contributed by atoms with van der Waals surface area (Å²) in [6, 6.07) is 0. The van der Waals surface area contributed by atoms with Gasteiger partial charge in [-0.2, -0.15) is 12.2 Å². The number of morpholine rings is 1. The van der Waals surface area contributed by atoms with E-state index in [0.717, 1.165) is 64.6 Å². The van der Waals surface area contributed by atoms with Crippen LogP contribution in [0, 0.1) is 4.77 Å². The predicted molar refractivity (Wildman–Crippen MR) is 83.0 cm³/mol. The molecular weight excluding hydrogens is 341 g/mol. The van der Waals surface area contributed by atoms with Gasteiger partial charge in [-0.25, -0.2) is 5.10 Å². The summed E-state index contributed by atoms with van der Waals surface area (Å²) < 4.78 is 7.84. The van der Waals surface area contributed by atoms with Crippen LogP contribution in [0.3, 0.4) is 0 Å². The van der Waals surface area contributed by atoms with E-state index < -0.39 is 0 Å². The number of carbonyl (C=O) groups is 1. The van der Waals surface area contributed by atoms with Gasteiger partial charge in [-0.1, -0.05) is 0 Å². The maximum Gasteiger partial charge on any atom is 1.00 e. The van der Waals surface area contributed by atoms with Gasteiger partial charge in [0.25, 0.3) is 0 Å². The van der Waals surface area contributed by atoms with E-state index in [2.05, 4.69) is 15.1 Å². The van der Waals surface area contributed by atoms with E-state index in [1.807, 2.05) is 9.47 Å². The SMILES string of the molecule is O=C1CCCN1C[c-]1nnc(=S)n1CCCN1CCOCC1.[K+]. The van der Waals surface area contributed by atoms with Crippen LogP contribution in [0.4, 0.5) is 0 Å². The van der Waals surface area contributed by atoms with Crippen molar-refractivity contribution in [2.45, 2.75) is 32.4 Å². The Hall–Kier alpha value is 0.386. The zero-order valence-corrected chi connectivity index (χ0v) is 17.7. The molecule has 1 aromatic rings. The number of hydrogen-bond donors (Lipinski definition) is 0. The Morgan fingerprint density at radius 3 is 2.70 bits per heavy atom. The molecule has 2 aliphatic heterocycles. The summed E-state index contributed by atoms with van der Waals surface area (Å²) in [7, 11) is 0. The predicted octanol–water partition coefficient (Wildman–Crippen LogP) is -2.42. The van der Waals surface area contributed by atoms with Gasteiger partial charge in [-0.15, -0.1) is 0 Å². The van der Waals surface area contributed by atoms with Crippen LogP contribution in [0.5, 0.6) is 0 Å². The third-order valence-electron chi connectivity index (χ3n) is 4.26. The number of aromatic nitrogens is 3. The molecule has 1 amide bonds. The topological polar surface area (TPSA) is 63.5 Å². The Labute approximate surface area is 184 Å². The summed E-state index contributed by atoms with van der Waals surface area (Å²) in [6.45, 7) is 6.81. The molecule has 1 aromatic heterocycles. The second-order valence-corrected chi connectivity index (χ2v) is 6.14. The molecule has 23 heavy (non-hydrogen) atoms. The van der Waals surface area contributed by atoms with Crippen molar-refractivity contribution in [3.05, 3.63) is 10.6 Å². The Bertz CT molecular complexity index is 570. The average Bonchev–Trinajstić information content (AvgIpc) is 3.09. The van der Waals surface area contributed by atoms with Crippen LogP contribution in [-0.4, -0.2) is 69.9 Å². The fourth-order valence-corrected chi connectivity index (χ4v) is 3.22. The first-order valence-electron chi connectivity index (χ1n) is 7.91. The zero-order chi connectivity index (χ0) is 15.4. The number of hydrogen-bond acceptors (Lipinski definition) is 6. The minimum atomic E-state index is 0. The summed E-state index contributed by atoms with van der Waals surface area (Å²) in [6.07, 6.45) is 2.58. The average molecular weight is 364 g/mol. The van der Waals surface area contributed by atoms with E-state index in [1.54, 1.807) is 0 Å². The number of rotatable bonds is 6. The van der Waals surface area contributed by atoms with Gasteiger partial charge in [0.2, 0.25) is 5.91 Å². The van der Waals surface area contributed by atoms with E-state index in [1.165, 1.54) is 0 Å². The van der Waals surface area contributed by atoms with Crippen molar-refractivity contribution in [1.82, 2.24) is 24.6 Å². The Kier molecular flexibility index (Phi) is 8.36. The molecule has 3 rings (SSSR count). The molecule has 0 radical (unpaired) electrons. The van der Waals surface area contributed by atoms with Crippen LogP contribution in [0.25, 0.3) is 0 Å². The van der Waals surface area contributed by atoms with Gasteiger partial charge in [0.05, 0.1) is 18.0 Å². The van der Waals surface area contributed by atoms with Gasteiger partial charge in [-0.05, 0) is 25.9 Å². The van der Waals surface area contributed by atoms with Gasteiger partial charge < -0.3 is 14.2 Å². The number of nitrogens with zero attached hydrogens (tertiary/aromatic N) is 5. The maximum absolute atomic E-state index is 11.7. The van der Waals surface area contributed by atoms with Crippen molar-refractivity contribution in [1.29, 1.82) is 0 Å². The summed E-state index contributed by atoms with van der Waals surface area (Å²) in [5.41, 5.74) is 0. The van der Waals surface area contributed by atoms with Crippen molar-refractivity contribution in [2.75, 3.05) is 39.4 Å². The number of ether oxygens (including phenoxy) is 1. The standard InChI is InChI=1S/C14H22N5O2S.K/c20-13-3-1-5-18(13)11-12-15-16-14(22)19(12)6-2-4-17-7-9-21-10-8-17;/h1-11H2;/q-1;+1. The quantitative estimate of drug-likeness (QED) is 0.318. The van der Waals surface area contributed by atoms with E-state index in [0.29, 0.717) is 17.7 Å². The molecule has 0 aromatic carbocycles. The third kappa shape index (κ3) is 5.43. The third-order valence-corrected chi connectivity index (χ3v) is 4.56. The van der Waals surface area contributed by atoms with Gasteiger partial charge >= 0.3 is 51.4 Å². The molecule has 2 aliphatic rings. The molecule has 0 N–H and O–H groups in total. The van der Waals surface area contributed by atoms with Crippen LogP contribution < -0.4 is 51.4 Å². The first-order chi connectivity index (χ1) is 10.7. The largest absolute Gasteiger partial charge is 1.00 e. The molecule has 2 fully saturated rings. The molecule has 2 saturated heterocycles. The fraction of sp³-hybridized carbons (Fsp3) is 0.786. The zero-order valence-electron chi connectivity index (χ0n) is 13.7. The van der Waals surface area contributed by atoms with E-state index in [-0.39, 0.29) is 57.3 Å². The summed E-state index contributed by atoms with van der Waals surface area (Å²) in [4.78, 5) is 16.0. The molecule has 3 heterocycles. The molecule has 0 saturated carbocycles. The van der Waals surface area contributed by atoms with Gasteiger partial charge in [0.1, 0.15) is 0 Å². The van der Waals surface area contributed by atoms with Crippen LogP contribution in [0.2, 0.25) is 0 Å². The molecule has 0 aliphatic carbocycles. The second-order valence-electron chi connectivity index (χ2n) is 5.78. The Balaban J connectivity index is 0.00000192. The molecule has 9 heteroatoms. The molecule has 0 bridgehead atoms. The number of amides is 1. The first kappa shape index (κ1) is 19.7. The smallest absolute Gasteiger partial charge is 0.458 e. The van der Waals surface area contributed by atoms with E-state index >= 15 is 0 Å². The normalized spacial score (nSPS) is 19.1. The van der Waals surface area contributed by atoms with Gasteiger partial charge in [0.15, 0.2) is 0 Å². The van der Waals surface area contributed by atoms with Crippen LogP contribution in [0.1, 0.15) is 25.1 Å². The van der Waals surface area contributed by atoms with Crippen LogP contribution in [-0.2, 0) is 22.6 Å². The Morgan fingerprint density at radius 1 is 1.22 bits per heavy atom. The summed E-state index contributed by atoms with van der Waals surface area (Å²) >= 11 is 5.27. The minimum absolute atomic E-state index is 0. The van der Waals surface area contributed by atoms with Crippen molar-refractivity contribution in [3.8, 4) is 0 Å². The molecule has 122 valence electrons. The monoisotopic (exact) mass is 363 g/mol. The van der Waals surface area contributed by atoms with Crippen LogP contribution >= 0.6 is 12.2 Å². The summed E-state index contributed by atoms with van der Waals surface area (Å²) in [5.74, 6) is 1.01. The Morgan fingerprint density at radius 2 is 2.00 bits per heavy atom. The van der Waals surface area contributed by atoms with Crippen molar-refractivity contribution < 1.29 is 60.9 Å². The van der Waals surface area contributed by atoms with Crippen molar-refractivity contribution in [2.24, 2.45) is 0 Å². The first-order valence-corrected chi connectivity index (χ1v) is 8.32. The van der Waals surface area contributed by atoms with Crippen LogP contribution in [0.15, 0.2) is 0 Å². The molecule has 0 spiro atoms. The van der Waals surface area contributed by atoms with Gasteiger partial charge in [-0.3, -0.25) is 14.8 Å². The molecule has 0 unspecified atom stereocenters. The molecular formula is C14H22KN5O2S. The van der Waals surface area contributed by atoms with Crippen molar-refractivity contribution in [3.63, 3.8) is 0 Å². The second kappa shape index (κ2) is 9.76. The molecule has 7 nitrogen and oxygen atoms in total. The molecule has 0 atom stereocenters. The minimum Gasteiger partial charge on any atom is -0.458 e. The van der Waals surface area contributed by atoms with E-state index in [4.69, 9.17) is 17.0 Å². The maximum atomic E-state index is 11.7. The number of likely N-dealkylation sites (tertiary alicyclic amines) is 1.